The number of carbonyl (C=O) groups is 1. The molecule has 0 aromatic carbocycles. The molecule has 130 valence electrons. The number of aromatic nitrogens is 2. The van der Waals surface area contributed by atoms with Gasteiger partial charge in [-0.15, -0.1) is 0 Å². The molecule has 1 saturated heterocycles. The summed E-state index contributed by atoms with van der Waals surface area (Å²) in [4.78, 5) is 12.6. The van der Waals surface area contributed by atoms with Crippen LogP contribution in [0.5, 0.6) is 0 Å². The molecule has 0 aliphatic carbocycles. The van der Waals surface area contributed by atoms with E-state index in [0.717, 1.165) is 41.5 Å². The van der Waals surface area contributed by atoms with E-state index in [9.17, 15) is 9.90 Å². The zero-order valence-electron chi connectivity index (χ0n) is 14.3. The van der Waals surface area contributed by atoms with Crippen molar-refractivity contribution in [2.75, 3.05) is 18.1 Å². The van der Waals surface area contributed by atoms with E-state index in [-0.39, 0.29) is 5.91 Å². The fraction of sp³-hybridized carbons (Fsp3) is 0.529. The van der Waals surface area contributed by atoms with Crippen molar-refractivity contribution in [3.05, 3.63) is 34.8 Å². The van der Waals surface area contributed by atoms with Crippen molar-refractivity contribution in [3.8, 4) is 5.82 Å². The summed E-state index contributed by atoms with van der Waals surface area (Å²) in [6.07, 6.45) is 1.43. The maximum atomic E-state index is 12.6. The fourth-order valence-corrected chi connectivity index (χ4v) is 4.32. The highest BCUT2D eigenvalue weighted by atomic mass is 32.2. The normalized spacial score (nSPS) is 17.0. The average molecular weight is 349 g/mol. The van der Waals surface area contributed by atoms with Gasteiger partial charge in [0.05, 0.1) is 11.2 Å². The third kappa shape index (κ3) is 3.37. The van der Waals surface area contributed by atoms with Crippen LogP contribution in [0.1, 0.15) is 40.3 Å². The minimum atomic E-state index is -0.782. The van der Waals surface area contributed by atoms with Gasteiger partial charge in [0.15, 0.2) is 5.82 Å². The lowest BCUT2D eigenvalue weighted by Gasteiger charge is -2.31. The Morgan fingerprint density at radius 1 is 1.38 bits per heavy atom. The Bertz CT molecular complexity index is 744. The summed E-state index contributed by atoms with van der Waals surface area (Å²) in [7, 11) is 0. The largest absolute Gasteiger partial charge is 0.388 e. The van der Waals surface area contributed by atoms with Crippen molar-refractivity contribution in [1.29, 1.82) is 0 Å². The predicted octanol–water partition coefficient (Wildman–Crippen LogP) is 2.38. The number of nitrogens with zero attached hydrogens (tertiary/aromatic N) is 2. The molecule has 2 aromatic rings. The van der Waals surface area contributed by atoms with Gasteiger partial charge in [-0.05, 0) is 51.2 Å². The summed E-state index contributed by atoms with van der Waals surface area (Å²) in [5.74, 6) is 3.10. The molecule has 1 fully saturated rings. The molecule has 6 nitrogen and oxygen atoms in total. The van der Waals surface area contributed by atoms with Crippen LogP contribution in [-0.4, -0.2) is 44.4 Å². The van der Waals surface area contributed by atoms with E-state index in [1.807, 2.05) is 49.2 Å². The lowest BCUT2D eigenvalue weighted by atomic mass is 9.97. The lowest BCUT2D eigenvalue weighted by Crippen LogP contribution is -2.45. The number of nitrogens with one attached hydrogen (secondary N) is 1. The van der Waals surface area contributed by atoms with Gasteiger partial charge in [0.25, 0.3) is 5.91 Å². The number of rotatable bonds is 4. The van der Waals surface area contributed by atoms with E-state index in [1.165, 1.54) is 0 Å². The molecule has 1 aliphatic rings. The minimum Gasteiger partial charge on any atom is -0.388 e. The molecule has 0 saturated carbocycles. The summed E-state index contributed by atoms with van der Waals surface area (Å²) in [5, 5.41) is 17.4. The first kappa shape index (κ1) is 17.1. The standard InChI is InChI=1S/C17H23N3O3S/c1-11-8-14(13(3)20(11)15-9-12(2)23-19-15)16(21)18-10-17(22)4-6-24-7-5-17/h8-9,22H,4-7,10H2,1-3H3,(H,18,21). The lowest BCUT2D eigenvalue weighted by molar-refractivity contribution is 0.0311. The molecule has 0 bridgehead atoms. The molecule has 0 spiro atoms. The van der Waals surface area contributed by atoms with Crippen LogP contribution >= 0.6 is 11.8 Å². The molecular formula is C17H23N3O3S. The highest BCUT2D eigenvalue weighted by molar-refractivity contribution is 7.99. The van der Waals surface area contributed by atoms with Gasteiger partial charge in [0.2, 0.25) is 0 Å². The Balaban J connectivity index is 1.76. The summed E-state index contributed by atoms with van der Waals surface area (Å²) >= 11 is 1.84. The van der Waals surface area contributed by atoms with Crippen LogP contribution in [0.2, 0.25) is 0 Å². The molecule has 24 heavy (non-hydrogen) atoms. The van der Waals surface area contributed by atoms with Crippen LogP contribution in [0.3, 0.4) is 0 Å². The SMILES string of the molecule is Cc1cc(-n2c(C)cc(C(=O)NCC3(O)CCSCC3)c2C)no1. The molecule has 0 unspecified atom stereocenters. The molecule has 0 radical (unpaired) electrons. The number of hydrogen-bond acceptors (Lipinski definition) is 5. The van der Waals surface area contributed by atoms with Gasteiger partial charge in [-0.2, -0.15) is 11.8 Å². The predicted molar refractivity (Wildman–Crippen MR) is 93.9 cm³/mol. The van der Waals surface area contributed by atoms with Gasteiger partial charge >= 0.3 is 0 Å². The molecule has 1 aliphatic heterocycles. The minimum absolute atomic E-state index is 0.166. The first-order chi connectivity index (χ1) is 11.4. The van der Waals surface area contributed by atoms with Crippen molar-refractivity contribution >= 4 is 17.7 Å². The number of hydrogen-bond donors (Lipinski definition) is 2. The van der Waals surface area contributed by atoms with E-state index < -0.39 is 5.60 Å². The van der Waals surface area contributed by atoms with Crippen LogP contribution in [0.15, 0.2) is 16.7 Å². The van der Waals surface area contributed by atoms with E-state index >= 15 is 0 Å². The van der Waals surface area contributed by atoms with Crippen molar-refractivity contribution in [2.45, 2.75) is 39.2 Å². The van der Waals surface area contributed by atoms with Crippen LogP contribution < -0.4 is 5.32 Å². The van der Waals surface area contributed by atoms with Crippen molar-refractivity contribution in [2.24, 2.45) is 0 Å². The molecule has 7 heteroatoms. The third-order valence-corrected chi connectivity index (χ3v) is 5.51. The van der Waals surface area contributed by atoms with E-state index in [4.69, 9.17) is 4.52 Å². The Morgan fingerprint density at radius 3 is 2.71 bits per heavy atom. The summed E-state index contributed by atoms with van der Waals surface area (Å²) in [6.45, 7) is 5.94. The zero-order chi connectivity index (χ0) is 17.3. The second-order valence-electron chi connectivity index (χ2n) is 6.44. The summed E-state index contributed by atoms with van der Waals surface area (Å²) in [5.41, 5.74) is 1.54. The molecular weight excluding hydrogens is 326 g/mol. The Labute approximate surface area is 145 Å². The highest BCUT2D eigenvalue weighted by Crippen LogP contribution is 2.26. The van der Waals surface area contributed by atoms with Crippen LogP contribution in [0, 0.1) is 20.8 Å². The maximum Gasteiger partial charge on any atom is 0.253 e. The molecule has 0 atom stereocenters. The maximum absolute atomic E-state index is 12.6. The number of aliphatic hydroxyl groups is 1. The second-order valence-corrected chi connectivity index (χ2v) is 7.66. The Kier molecular flexibility index (Phi) is 4.73. The molecule has 2 aromatic heterocycles. The quantitative estimate of drug-likeness (QED) is 0.886. The van der Waals surface area contributed by atoms with Crippen molar-refractivity contribution in [3.63, 3.8) is 0 Å². The van der Waals surface area contributed by atoms with Gasteiger partial charge in [0.1, 0.15) is 5.76 Å². The van der Waals surface area contributed by atoms with E-state index in [0.29, 0.717) is 17.9 Å². The summed E-state index contributed by atoms with van der Waals surface area (Å²) < 4.78 is 7.03. The van der Waals surface area contributed by atoms with Gasteiger partial charge in [-0.25, -0.2) is 0 Å². The smallest absolute Gasteiger partial charge is 0.253 e. The number of aryl methyl sites for hydroxylation is 2. The van der Waals surface area contributed by atoms with Crippen LogP contribution in [0.4, 0.5) is 0 Å². The van der Waals surface area contributed by atoms with Crippen molar-refractivity contribution < 1.29 is 14.4 Å². The monoisotopic (exact) mass is 349 g/mol. The second kappa shape index (κ2) is 6.64. The Morgan fingerprint density at radius 2 is 2.08 bits per heavy atom. The van der Waals surface area contributed by atoms with E-state index in [1.54, 1.807) is 0 Å². The topological polar surface area (TPSA) is 80.3 Å². The van der Waals surface area contributed by atoms with Crippen molar-refractivity contribution in [1.82, 2.24) is 15.0 Å². The molecule has 3 rings (SSSR count). The fourth-order valence-electron chi connectivity index (χ4n) is 3.07. The summed E-state index contributed by atoms with van der Waals surface area (Å²) in [6, 6.07) is 3.68. The molecule has 3 heterocycles. The molecule has 1 amide bonds. The zero-order valence-corrected chi connectivity index (χ0v) is 15.1. The van der Waals surface area contributed by atoms with Gasteiger partial charge in [-0.3, -0.25) is 9.36 Å². The van der Waals surface area contributed by atoms with E-state index in [2.05, 4.69) is 10.5 Å². The highest BCUT2D eigenvalue weighted by Gasteiger charge is 2.30. The number of carbonyl (C=O) groups excluding carboxylic acids is 1. The Hall–Kier alpha value is -1.73. The number of thioether (sulfide) groups is 1. The van der Waals surface area contributed by atoms with Crippen LogP contribution in [0.25, 0.3) is 5.82 Å². The third-order valence-electron chi connectivity index (χ3n) is 4.52. The van der Waals surface area contributed by atoms with Gasteiger partial charge in [0, 0.05) is 24.0 Å². The first-order valence-corrected chi connectivity index (χ1v) is 9.26. The van der Waals surface area contributed by atoms with Gasteiger partial charge < -0.3 is 14.9 Å². The van der Waals surface area contributed by atoms with Gasteiger partial charge in [-0.1, -0.05) is 5.16 Å². The average Bonchev–Trinajstić information content (AvgIpc) is 3.09. The van der Waals surface area contributed by atoms with Crippen LogP contribution in [-0.2, 0) is 0 Å². The first-order valence-electron chi connectivity index (χ1n) is 8.11. The molecule has 2 N–H and O–H groups in total. The number of amides is 1.